The van der Waals surface area contributed by atoms with Crippen LogP contribution >= 0.6 is 11.6 Å². The van der Waals surface area contributed by atoms with Gasteiger partial charge in [-0.2, -0.15) is 4.98 Å². The number of piperidine rings is 1. The Balaban J connectivity index is 2.15. The van der Waals surface area contributed by atoms with E-state index in [-0.39, 0.29) is 6.10 Å². The van der Waals surface area contributed by atoms with Gasteiger partial charge in [-0.1, -0.05) is 0 Å². The van der Waals surface area contributed by atoms with E-state index in [1.54, 1.807) is 12.3 Å². The number of anilines is 1. The molecule has 0 aliphatic carbocycles. The van der Waals surface area contributed by atoms with Gasteiger partial charge in [0.1, 0.15) is 0 Å². The van der Waals surface area contributed by atoms with Crippen molar-refractivity contribution in [2.45, 2.75) is 45.3 Å². The number of halogens is 1. The molecule has 0 spiro atoms. The quantitative estimate of drug-likeness (QED) is 0.788. The van der Waals surface area contributed by atoms with Crippen molar-refractivity contribution >= 4 is 17.5 Å². The Morgan fingerprint density at radius 2 is 2.33 bits per heavy atom. The van der Waals surface area contributed by atoms with Crippen LogP contribution in [-0.2, 0) is 0 Å². The first kappa shape index (κ1) is 13.4. The van der Waals surface area contributed by atoms with Gasteiger partial charge in [-0.15, -0.1) is 11.6 Å². The zero-order valence-corrected chi connectivity index (χ0v) is 11.7. The molecular weight excluding hydrogens is 250 g/mol. The maximum absolute atomic E-state index is 6.02. The number of hydrogen-bond acceptors (Lipinski definition) is 4. The molecule has 1 atom stereocenters. The van der Waals surface area contributed by atoms with Crippen molar-refractivity contribution in [3.8, 4) is 5.88 Å². The molecule has 5 heteroatoms. The highest BCUT2D eigenvalue weighted by atomic mass is 35.5. The summed E-state index contributed by atoms with van der Waals surface area (Å²) in [5.74, 6) is 1.99. The Morgan fingerprint density at radius 1 is 1.50 bits per heavy atom. The minimum Gasteiger partial charge on any atom is -0.475 e. The van der Waals surface area contributed by atoms with Crippen molar-refractivity contribution in [1.82, 2.24) is 9.97 Å². The summed E-state index contributed by atoms with van der Waals surface area (Å²) in [7, 11) is 0. The monoisotopic (exact) mass is 269 g/mol. The second-order valence-electron chi connectivity index (χ2n) is 4.86. The Bertz CT molecular complexity index is 386. The van der Waals surface area contributed by atoms with E-state index in [2.05, 4.69) is 14.9 Å². The van der Waals surface area contributed by atoms with E-state index in [4.69, 9.17) is 16.3 Å². The van der Waals surface area contributed by atoms with Gasteiger partial charge in [0.05, 0.1) is 6.10 Å². The molecule has 4 nitrogen and oxygen atoms in total. The van der Waals surface area contributed by atoms with E-state index in [1.807, 2.05) is 13.8 Å². The first-order chi connectivity index (χ1) is 8.70. The molecule has 1 unspecified atom stereocenters. The van der Waals surface area contributed by atoms with Gasteiger partial charge >= 0.3 is 0 Å². The van der Waals surface area contributed by atoms with Crippen LogP contribution in [0.5, 0.6) is 5.88 Å². The predicted octanol–water partition coefficient (Wildman–Crippen LogP) is 2.86. The SMILES string of the molecule is CC(C)Oc1ccnc(N2CCCCC2CCl)n1. The van der Waals surface area contributed by atoms with E-state index in [0.29, 0.717) is 17.8 Å². The maximum Gasteiger partial charge on any atom is 0.228 e. The first-order valence-electron chi connectivity index (χ1n) is 6.53. The number of nitrogens with zero attached hydrogens (tertiary/aromatic N) is 3. The van der Waals surface area contributed by atoms with Crippen LogP contribution in [0, 0.1) is 0 Å². The minimum atomic E-state index is 0.123. The highest BCUT2D eigenvalue weighted by Crippen LogP contribution is 2.23. The summed E-state index contributed by atoms with van der Waals surface area (Å²) in [4.78, 5) is 11.0. The molecule has 1 aromatic rings. The highest BCUT2D eigenvalue weighted by Gasteiger charge is 2.24. The lowest BCUT2D eigenvalue weighted by molar-refractivity contribution is 0.232. The number of hydrogen-bond donors (Lipinski definition) is 0. The predicted molar refractivity (Wildman–Crippen MR) is 73.5 cm³/mol. The van der Waals surface area contributed by atoms with E-state index >= 15 is 0 Å². The molecule has 1 saturated heterocycles. The summed E-state index contributed by atoms with van der Waals surface area (Å²) in [6, 6.07) is 2.14. The molecule has 0 amide bonds. The van der Waals surface area contributed by atoms with Gasteiger partial charge in [0.25, 0.3) is 0 Å². The summed E-state index contributed by atoms with van der Waals surface area (Å²) in [6.45, 7) is 4.96. The van der Waals surface area contributed by atoms with Crippen molar-refractivity contribution in [2.24, 2.45) is 0 Å². The molecule has 100 valence electrons. The van der Waals surface area contributed by atoms with E-state index in [1.165, 1.54) is 12.8 Å². The van der Waals surface area contributed by atoms with E-state index < -0.39 is 0 Å². The zero-order chi connectivity index (χ0) is 13.0. The maximum atomic E-state index is 6.02. The van der Waals surface area contributed by atoms with Crippen LogP contribution in [0.1, 0.15) is 33.1 Å². The van der Waals surface area contributed by atoms with Crippen molar-refractivity contribution in [3.05, 3.63) is 12.3 Å². The van der Waals surface area contributed by atoms with Crippen LogP contribution in [0.25, 0.3) is 0 Å². The molecule has 2 rings (SSSR count). The zero-order valence-electron chi connectivity index (χ0n) is 11.0. The van der Waals surface area contributed by atoms with Gasteiger partial charge in [-0.3, -0.25) is 0 Å². The van der Waals surface area contributed by atoms with Crippen LogP contribution in [0.3, 0.4) is 0 Å². The molecule has 1 aliphatic rings. The topological polar surface area (TPSA) is 38.2 Å². The van der Waals surface area contributed by atoms with Gasteiger partial charge in [-0.25, -0.2) is 4.98 Å². The van der Waals surface area contributed by atoms with Crippen LogP contribution in [0.4, 0.5) is 5.95 Å². The molecule has 0 saturated carbocycles. The van der Waals surface area contributed by atoms with Gasteiger partial charge in [0.2, 0.25) is 11.8 Å². The Labute approximate surface area is 113 Å². The lowest BCUT2D eigenvalue weighted by atomic mass is 10.0. The summed E-state index contributed by atoms with van der Waals surface area (Å²) in [6.07, 6.45) is 5.39. The summed E-state index contributed by atoms with van der Waals surface area (Å²) in [5.41, 5.74) is 0. The fourth-order valence-electron chi connectivity index (χ4n) is 2.20. The summed E-state index contributed by atoms with van der Waals surface area (Å²) < 4.78 is 5.60. The van der Waals surface area contributed by atoms with Crippen molar-refractivity contribution in [1.29, 1.82) is 0 Å². The molecule has 0 aromatic carbocycles. The summed E-state index contributed by atoms with van der Waals surface area (Å²) in [5, 5.41) is 0. The molecule has 1 fully saturated rings. The van der Waals surface area contributed by atoms with Crippen molar-refractivity contribution in [3.63, 3.8) is 0 Å². The van der Waals surface area contributed by atoms with Crippen LogP contribution < -0.4 is 9.64 Å². The largest absolute Gasteiger partial charge is 0.475 e. The summed E-state index contributed by atoms with van der Waals surface area (Å²) >= 11 is 6.02. The average Bonchev–Trinajstić information content (AvgIpc) is 2.38. The second-order valence-corrected chi connectivity index (χ2v) is 5.17. The third-order valence-electron chi connectivity index (χ3n) is 3.04. The molecule has 0 N–H and O–H groups in total. The average molecular weight is 270 g/mol. The molecule has 18 heavy (non-hydrogen) atoms. The van der Waals surface area contributed by atoms with Crippen LogP contribution in [0.2, 0.25) is 0 Å². The van der Waals surface area contributed by atoms with E-state index in [9.17, 15) is 0 Å². The smallest absolute Gasteiger partial charge is 0.228 e. The molecule has 1 aliphatic heterocycles. The fraction of sp³-hybridized carbons (Fsp3) is 0.692. The molecule has 0 radical (unpaired) electrons. The minimum absolute atomic E-state index is 0.123. The van der Waals surface area contributed by atoms with Gasteiger partial charge in [0.15, 0.2) is 0 Å². The normalized spacial score (nSPS) is 20.2. The number of ether oxygens (including phenoxy) is 1. The molecular formula is C13H20ClN3O. The lowest BCUT2D eigenvalue weighted by Gasteiger charge is -2.34. The lowest BCUT2D eigenvalue weighted by Crippen LogP contribution is -2.41. The number of alkyl halides is 1. The second kappa shape index (κ2) is 6.23. The molecule has 0 bridgehead atoms. The third kappa shape index (κ3) is 3.25. The highest BCUT2D eigenvalue weighted by molar-refractivity contribution is 6.18. The van der Waals surface area contributed by atoms with Crippen LogP contribution in [0.15, 0.2) is 12.3 Å². The van der Waals surface area contributed by atoms with Crippen molar-refractivity contribution < 1.29 is 4.74 Å². The standard InChI is InChI=1S/C13H20ClN3O/c1-10(2)18-12-6-7-15-13(16-12)17-8-4-3-5-11(17)9-14/h6-7,10-11H,3-5,8-9H2,1-2H3. The Morgan fingerprint density at radius 3 is 3.06 bits per heavy atom. The van der Waals surface area contributed by atoms with Crippen molar-refractivity contribution in [2.75, 3.05) is 17.3 Å². The Hall–Kier alpha value is -1.03. The number of rotatable bonds is 4. The molecule has 1 aromatic heterocycles. The third-order valence-corrected chi connectivity index (χ3v) is 3.39. The number of aromatic nitrogens is 2. The first-order valence-corrected chi connectivity index (χ1v) is 7.06. The Kier molecular flexibility index (Phi) is 4.64. The fourth-order valence-corrected chi connectivity index (χ4v) is 2.52. The van der Waals surface area contributed by atoms with Gasteiger partial charge < -0.3 is 9.64 Å². The van der Waals surface area contributed by atoms with Gasteiger partial charge in [0, 0.05) is 30.7 Å². The van der Waals surface area contributed by atoms with Gasteiger partial charge in [-0.05, 0) is 33.1 Å². The molecule has 2 heterocycles. The van der Waals surface area contributed by atoms with Crippen LogP contribution in [-0.4, -0.2) is 34.5 Å². The van der Waals surface area contributed by atoms with E-state index in [0.717, 1.165) is 18.9 Å².